The minimum atomic E-state index is -0.594. The first-order valence-corrected chi connectivity index (χ1v) is 9.06. The molecular formula is C22H18N4O3. The molecule has 0 saturated heterocycles. The SMILES string of the molecule is Cn1nc(C(=O)NNC(=O)Cc2cccc3ccccc23)c2ccccc2c1=O. The van der Waals surface area contributed by atoms with Gasteiger partial charge in [-0.25, -0.2) is 4.68 Å². The normalized spacial score (nSPS) is 10.8. The number of carbonyl (C=O) groups excluding carboxylic acids is 2. The minimum Gasteiger partial charge on any atom is -0.273 e. The van der Waals surface area contributed by atoms with Gasteiger partial charge in [0.2, 0.25) is 5.91 Å². The molecule has 29 heavy (non-hydrogen) atoms. The van der Waals surface area contributed by atoms with Crippen LogP contribution < -0.4 is 16.4 Å². The number of aryl methyl sites for hydroxylation is 1. The van der Waals surface area contributed by atoms with Crippen LogP contribution in [0.1, 0.15) is 16.1 Å². The van der Waals surface area contributed by atoms with E-state index < -0.39 is 5.91 Å². The van der Waals surface area contributed by atoms with Gasteiger partial charge >= 0.3 is 0 Å². The van der Waals surface area contributed by atoms with Crippen molar-refractivity contribution >= 4 is 33.4 Å². The lowest BCUT2D eigenvalue weighted by Gasteiger charge is -2.11. The third kappa shape index (κ3) is 3.58. The second-order valence-electron chi connectivity index (χ2n) is 6.64. The van der Waals surface area contributed by atoms with Gasteiger partial charge in [0.05, 0.1) is 11.8 Å². The number of nitrogens with one attached hydrogen (secondary N) is 2. The number of carbonyl (C=O) groups is 2. The Bertz CT molecular complexity index is 1310. The molecule has 0 bridgehead atoms. The maximum Gasteiger partial charge on any atom is 0.290 e. The summed E-state index contributed by atoms with van der Waals surface area (Å²) in [6.45, 7) is 0. The third-order valence-corrected chi connectivity index (χ3v) is 4.72. The van der Waals surface area contributed by atoms with Crippen molar-refractivity contribution in [1.29, 1.82) is 0 Å². The number of amides is 2. The van der Waals surface area contributed by atoms with Gasteiger partial charge in [-0.3, -0.25) is 25.2 Å². The molecule has 0 aliphatic heterocycles. The summed E-state index contributed by atoms with van der Waals surface area (Å²) in [4.78, 5) is 37.1. The second-order valence-corrected chi connectivity index (χ2v) is 6.64. The Kier molecular flexibility index (Phi) is 4.78. The molecule has 0 saturated carbocycles. The smallest absolute Gasteiger partial charge is 0.273 e. The Hall–Kier alpha value is -4.00. The first-order chi connectivity index (χ1) is 14.0. The molecule has 0 unspecified atom stereocenters. The molecule has 4 aromatic rings. The third-order valence-electron chi connectivity index (χ3n) is 4.72. The zero-order chi connectivity index (χ0) is 20.4. The molecule has 2 N–H and O–H groups in total. The highest BCUT2D eigenvalue weighted by atomic mass is 16.2. The highest BCUT2D eigenvalue weighted by Crippen LogP contribution is 2.18. The average molecular weight is 386 g/mol. The lowest BCUT2D eigenvalue weighted by molar-refractivity contribution is -0.121. The van der Waals surface area contributed by atoms with Gasteiger partial charge in [0.15, 0.2) is 5.69 Å². The molecule has 0 atom stereocenters. The molecule has 0 spiro atoms. The summed E-state index contributed by atoms with van der Waals surface area (Å²) >= 11 is 0. The Balaban J connectivity index is 1.52. The first-order valence-electron chi connectivity index (χ1n) is 9.06. The summed E-state index contributed by atoms with van der Waals surface area (Å²) < 4.78 is 1.11. The van der Waals surface area contributed by atoms with Gasteiger partial charge in [-0.05, 0) is 22.4 Å². The summed E-state index contributed by atoms with van der Waals surface area (Å²) in [5.41, 5.74) is 5.45. The van der Waals surface area contributed by atoms with Crippen LogP contribution >= 0.6 is 0 Å². The molecule has 1 aromatic heterocycles. The lowest BCUT2D eigenvalue weighted by Crippen LogP contribution is -2.43. The van der Waals surface area contributed by atoms with Crippen molar-refractivity contribution in [2.24, 2.45) is 7.05 Å². The monoisotopic (exact) mass is 386 g/mol. The quantitative estimate of drug-likeness (QED) is 0.527. The number of aromatic nitrogens is 2. The van der Waals surface area contributed by atoms with Crippen molar-refractivity contribution in [3.63, 3.8) is 0 Å². The van der Waals surface area contributed by atoms with Crippen molar-refractivity contribution < 1.29 is 9.59 Å². The zero-order valence-corrected chi connectivity index (χ0v) is 15.7. The highest BCUT2D eigenvalue weighted by Gasteiger charge is 2.16. The van der Waals surface area contributed by atoms with E-state index in [4.69, 9.17) is 0 Å². The fourth-order valence-corrected chi connectivity index (χ4v) is 3.32. The number of benzene rings is 3. The average Bonchev–Trinajstić information content (AvgIpc) is 2.75. The Morgan fingerprint density at radius 1 is 0.862 bits per heavy atom. The Morgan fingerprint density at radius 2 is 1.52 bits per heavy atom. The van der Waals surface area contributed by atoms with E-state index in [1.165, 1.54) is 7.05 Å². The maximum atomic E-state index is 12.6. The van der Waals surface area contributed by atoms with Gasteiger partial charge in [0.1, 0.15) is 0 Å². The van der Waals surface area contributed by atoms with E-state index >= 15 is 0 Å². The van der Waals surface area contributed by atoms with Crippen molar-refractivity contribution in [2.45, 2.75) is 6.42 Å². The van der Waals surface area contributed by atoms with Crippen molar-refractivity contribution in [1.82, 2.24) is 20.6 Å². The minimum absolute atomic E-state index is 0.0631. The van der Waals surface area contributed by atoms with Gasteiger partial charge < -0.3 is 0 Å². The molecule has 4 rings (SSSR count). The molecule has 7 nitrogen and oxygen atoms in total. The molecule has 2 amide bonds. The molecule has 1 heterocycles. The zero-order valence-electron chi connectivity index (χ0n) is 15.7. The van der Waals surface area contributed by atoms with Crippen molar-refractivity contribution in [3.05, 3.63) is 88.3 Å². The second kappa shape index (κ2) is 7.55. The van der Waals surface area contributed by atoms with E-state index in [1.807, 2.05) is 42.5 Å². The van der Waals surface area contributed by atoms with Gasteiger partial charge in [-0.1, -0.05) is 60.7 Å². The molecule has 0 radical (unpaired) electrons. The van der Waals surface area contributed by atoms with Crippen LogP contribution in [0.3, 0.4) is 0 Å². The number of hydrazine groups is 1. The van der Waals surface area contributed by atoms with Crippen LogP contribution in [0.5, 0.6) is 0 Å². The molecule has 0 fully saturated rings. The Morgan fingerprint density at radius 3 is 2.31 bits per heavy atom. The number of rotatable bonds is 3. The van der Waals surface area contributed by atoms with Crippen LogP contribution in [0.4, 0.5) is 0 Å². The predicted molar refractivity (Wildman–Crippen MR) is 110 cm³/mol. The fraction of sp³-hybridized carbons (Fsp3) is 0.0909. The molecule has 0 aliphatic rings. The summed E-state index contributed by atoms with van der Waals surface area (Å²) in [7, 11) is 1.48. The van der Waals surface area contributed by atoms with Crippen LogP contribution in [0, 0.1) is 0 Å². The largest absolute Gasteiger partial charge is 0.290 e. The summed E-state index contributed by atoms with van der Waals surface area (Å²) in [5, 5.41) is 6.89. The number of hydrogen-bond acceptors (Lipinski definition) is 4. The predicted octanol–water partition coefficient (Wildman–Crippen LogP) is 2.09. The van der Waals surface area contributed by atoms with Crippen molar-refractivity contribution in [3.8, 4) is 0 Å². The van der Waals surface area contributed by atoms with Crippen molar-refractivity contribution in [2.75, 3.05) is 0 Å². The van der Waals surface area contributed by atoms with Crippen LogP contribution in [0.25, 0.3) is 21.5 Å². The molecule has 0 aliphatic carbocycles. The fourth-order valence-electron chi connectivity index (χ4n) is 3.32. The molecule has 3 aromatic carbocycles. The number of hydrogen-bond donors (Lipinski definition) is 2. The maximum absolute atomic E-state index is 12.6. The van der Waals surface area contributed by atoms with E-state index in [1.54, 1.807) is 24.3 Å². The molecule has 144 valence electrons. The molecular weight excluding hydrogens is 368 g/mol. The topological polar surface area (TPSA) is 93.1 Å². The van der Waals surface area contributed by atoms with E-state index in [2.05, 4.69) is 16.0 Å². The summed E-state index contributed by atoms with van der Waals surface area (Å²) in [5.74, 6) is -0.952. The number of nitrogens with zero attached hydrogens (tertiary/aromatic N) is 2. The van der Waals surface area contributed by atoms with Gasteiger partial charge in [-0.15, -0.1) is 0 Å². The van der Waals surface area contributed by atoms with Crippen LogP contribution in [0.2, 0.25) is 0 Å². The lowest BCUT2D eigenvalue weighted by atomic mass is 10.0. The highest BCUT2D eigenvalue weighted by molar-refractivity contribution is 6.05. The van der Waals surface area contributed by atoms with E-state index in [9.17, 15) is 14.4 Å². The van der Waals surface area contributed by atoms with Crippen LogP contribution in [-0.2, 0) is 18.3 Å². The first kappa shape index (κ1) is 18.4. The number of fused-ring (bicyclic) bond motifs is 2. The standard InChI is InChI=1S/C22H18N4O3/c1-26-22(29)18-12-5-4-11-17(18)20(25-26)21(28)24-23-19(27)13-15-9-6-8-14-7-2-3-10-16(14)15/h2-12H,13H2,1H3,(H,23,27)(H,24,28). The Labute approximate surface area is 165 Å². The van der Waals surface area contributed by atoms with Gasteiger partial charge in [-0.2, -0.15) is 5.10 Å². The molecule has 7 heteroatoms. The van der Waals surface area contributed by atoms with E-state index in [-0.39, 0.29) is 23.6 Å². The van der Waals surface area contributed by atoms with Crippen LogP contribution in [0.15, 0.2) is 71.5 Å². The summed E-state index contributed by atoms with van der Waals surface area (Å²) in [6, 6.07) is 20.3. The van der Waals surface area contributed by atoms with Crippen LogP contribution in [-0.4, -0.2) is 21.6 Å². The van der Waals surface area contributed by atoms with Gasteiger partial charge in [0.25, 0.3) is 11.5 Å². The summed E-state index contributed by atoms with van der Waals surface area (Å²) in [6.07, 6.45) is 0.114. The van der Waals surface area contributed by atoms with Gasteiger partial charge in [0, 0.05) is 12.4 Å². The van der Waals surface area contributed by atoms with E-state index in [0.29, 0.717) is 10.8 Å². The van der Waals surface area contributed by atoms with E-state index in [0.717, 1.165) is 21.0 Å².